The second-order valence-corrected chi connectivity index (χ2v) is 9.58. The number of likely N-dealkylation sites (N-methyl/N-ethyl adjacent to an activating group) is 1. The largest absolute Gasteiger partial charge is 0.338 e. The lowest BCUT2D eigenvalue weighted by molar-refractivity contribution is -0.147. The van der Waals surface area contributed by atoms with Gasteiger partial charge in [0.2, 0.25) is 33.7 Å². The highest BCUT2D eigenvalue weighted by atomic mass is 32.2. The molecule has 2 heterocycles. The van der Waals surface area contributed by atoms with Crippen molar-refractivity contribution in [3.8, 4) is 6.07 Å². The average Bonchev–Trinajstić information content (AvgIpc) is 3.11. The zero-order valence-corrected chi connectivity index (χ0v) is 18.4. The van der Waals surface area contributed by atoms with Gasteiger partial charge < -0.3 is 9.80 Å². The van der Waals surface area contributed by atoms with Crippen LogP contribution < -0.4 is 0 Å². The third-order valence-corrected chi connectivity index (χ3v) is 7.30. The molecular weight excluding hydrogens is 438 g/mol. The summed E-state index contributed by atoms with van der Waals surface area (Å²) in [5, 5.41) is 8.83. The Kier molecular flexibility index (Phi) is 6.90. The monoisotopic (exact) mass is 461 g/mol. The zero-order chi connectivity index (χ0) is 23.5. The number of piperazine rings is 1. The Morgan fingerprint density at radius 3 is 1.97 bits per heavy atom. The van der Waals surface area contributed by atoms with Crippen LogP contribution in [0, 0.1) is 11.3 Å². The molecule has 12 heteroatoms. The van der Waals surface area contributed by atoms with Crippen molar-refractivity contribution in [3.63, 3.8) is 0 Å². The molecule has 1 aromatic rings. The van der Waals surface area contributed by atoms with E-state index < -0.39 is 15.9 Å². The van der Waals surface area contributed by atoms with Gasteiger partial charge in [-0.25, -0.2) is 8.42 Å². The van der Waals surface area contributed by atoms with Gasteiger partial charge >= 0.3 is 0 Å². The van der Waals surface area contributed by atoms with E-state index >= 15 is 0 Å². The summed E-state index contributed by atoms with van der Waals surface area (Å²) in [4.78, 5) is 52.3. The summed E-state index contributed by atoms with van der Waals surface area (Å²) in [6.07, 6.45) is 0.237. The number of amides is 4. The maximum absolute atomic E-state index is 12.7. The predicted molar refractivity (Wildman–Crippen MR) is 110 cm³/mol. The minimum Gasteiger partial charge on any atom is -0.338 e. The normalized spacial score (nSPS) is 17.1. The highest BCUT2D eigenvalue weighted by molar-refractivity contribution is 7.89. The number of hydrogen-bond acceptors (Lipinski definition) is 7. The summed E-state index contributed by atoms with van der Waals surface area (Å²) in [6.45, 7) is 0.235. The van der Waals surface area contributed by atoms with Crippen LogP contribution >= 0.6 is 0 Å². The Morgan fingerprint density at radius 1 is 0.969 bits per heavy atom. The van der Waals surface area contributed by atoms with Gasteiger partial charge in [-0.05, 0) is 24.3 Å². The number of imide groups is 1. The average molecular weight is 462 g/mol. The Bertz CT molecular complexity index is 1050. The van der Waals surface area contributed by atoms with Crippen LogP contribution in [0.5, 0.6) is 0 Å². The standard InChI is InChI=1S/C20H23N5O6S/c1-22(32(30,31)16-4-2-15(12-21)3-5-16)13-19(28)23-8-10-24(11-9-23)20(29)14-25-17(26)6-7-18(25)27/h2-5H,6-11,13-14H2,1H3. The van der Waals surface area contributed by atoms with Crippen molar-refractivity contribution < 1.29 is 27.6 Å². The van der Waals surface area contributed by atoms with E-state index in [0.29, 0.717) is 5.56 Å². The summed E-state index contributed by atoms with van der Waals surface area (Å²) in [7, 11) is -2.60. The fraction of sp³-hybridized carbons (Fsp3) is 0.450. The van der Waals surface area contributed by atoms with Crippen LogP contribution in [-0.4, -0.2) is 97.4 Å². The Labute approximate surface area is 185 Å². The second-order valence-electron chi connectivity index (χ2n) is 7.53. The van der Waals surface area contributed by atoms with E-state index in [-0.39, 0.29) is 74.7 Å². The second kappa shape index (κ2) is 9.46. The van der Waals surface area contributed by atoms with E-state index in [1.54, 1.807) is 0 Å². The van der Waals surface area contributed by atoms with E-state index in [4.69, 9.17) is 5.26 Å². The molecule has 2 aliphatic heterocycles. The number of carbonyl (C=O) groups excluding carboxylic acids is 4. The van der Waals surface area contributed by atoms with Crippen molar-refractivity contribution in [3.05, 3.63) is 29.8 Å². The number of benzene rings is 1. The molecule has 0 unspecified atom stereocenters. The zero-order valence-electron chi connectivity index (χ0n) is 17.6. The van der Waals surface area contributed by atoms with Crippen LogP contribution in [0.4, 0.5) is 0 Å². The molecule has 0 bridgehead atoms. The predicted octanol–water partition coefficient (Wildman–Crippen LogP) is -1.00. The first-order chi connectivity index (χ1) is 15.1. The quantitative estimate of drug-likeness (QED) is 0.495. The van der Waals surface area contributed by atoms with E-state index in [1.807, 2.05) is 6.07 Å². The molecule has 0 aromatic heterocycles. The van der Waals surface area contributed by atoms with Crippen LogP contribution in [0.25, 0.3) is 0 Å². The first kappa shape index (κ1) is 23.4. The molecule has 0 saturated carbocycles. The van der Waals surface area contributed by atoms with Crippen molar-refractivity contribution in [2.45, 2.75) is 17.7 Å². The molecule has 2 aliphatic rings. The van der Waals surface area contributed by atoms with Crippen molar-refractivity contribution in [2.24, 2.45) is 0 Å². The smallest absolute Gasteiger partial charge is 0.243 e. The molecule has 0 radical (unpaired) electrons. The van der Waals surface area contributed by atoms with Gasteiger partial charge in [0, 0.05) is 46.1 Å². The first-order valence-electron chi connectivity index (χ1n) is 9.98. The molecule has 2 fully saturated rings. The molecule has 0 N–H and O–H groups in total. The lowest BCUT2D eigenvalue weighted by Gasteiger charge is -2.35. The molecule has 32 heavy (non-hydrogen) atoms. The molecule has 1 aromatic carbocycles. The summed E-state index contributed by atoms with van der Waals surface area (Å²) in [6, 6.07) is 7.32. The highest BCUT2D eigenvalue weighted by Crippen LogP contribution is 2.16. The van der Waals surface area contributed by atoms with E-state index in [0.717, 1.165) is 9.21 Å². The minimum atomic E-state index is -3.90. The van der Waals surface area contributed by atoms with E-state index in [2.05, 4.69) is 0 Å². The van der Waals surface area contributed by atoms with Crippen LogP contribution in [0.3, 0.4) is 0 Å². The topological polar surface area (TPSA) is 139 Å². The fourth-order valence-electron chi connectivity index (χ4n) is 3.50. The lowest BCUT2D eigenvalue weighted by atomic mass is 10.2. The molecule has 4 amide bonds. The van der Waals surface area contributed by atoms with Crippen molar-refractivity contribution >= 4 is 33.7 Å². The number of rotatable bonds is 6. The Hall–Kier alpha value is -3.30. The molecule has 170 valence electrons. The number of hydrogen-bond donors (Lipinski definition) is 0. The summed E-state index contributed by atoms with van der Waals surface area (Å²) >= 11 is 0. The number of likely N-dealkylation sites (tertiary alicyclic amines) is 1. The first-order valence-corrected chi connectivity index (χ1v) is 11.4. The number of carbonyl (C=O) groups is 4. The maximum atomic E-state index is 12.7. The Morgan fingerprint density at radius 2 is 1.47 bits per heavy atom. The molecule has 2 saturated heterocycles. The van der Waals surface area contributed by atoms with Gasteiger partial charge in [0.05, 0.1) is 23.1 Å². The minimum absolute atomic E-state index is 0.0202. The van der Waals surface area contributed by atoms with Crippen LogP contribution in [0.2, 0.25) is 0 Å². The SMILES string of the molecule is CN(CC(=O)N1CCN(C(=O)CN2C(=O)CCC2=O)CC1)S(=O)(=O)c1ccc(C#N)cc1. The van der Waals surface area contributed by atoms with Crippen molar-refractivity contribution in [2.75, 3.05) is 46.3 Å². The molecular formula is C20H23N5O6S. The molecule has 3 rings (SSSR count). The maximum Gasteiger partial charge on any atom is 0.243 e. The van der Waals surface area contributed by atoms with Gasteiger partial charge in [-0.2, -0.15) is 9.57 Å². The molecule has 0 atom stereocenters. The van der Waals surface area contributed by atoms with Gasteiger partial charge in [0.1, 0.15) is 6.54 Å². The van der Waals surface area contributed by atoms with Gasteiger partial charge in [0.15, 0.2) is 0 Å². The van der Waals surface area contributed by atoms with Crippen molar-refractivity contribution in [1.29, 1.82) is 5.26 Å². The van der Waals surface area contributed by atoms with E-state index in [1.165, 1.54) is 41.1 Å². The third kappa shape index (κ3) is 4.95. The van der Waals surface area contributed by atoms with Crippen LogP contribution in [0.15, 0.2) is 29.2 Å². The van der Waals surface area contributed by atoms with Gasteiger partial charge in [-0.3, -0.25) is 24.1 Å². The van der Waals surface area contributed by atoms with E-state index in [9.17, 15) is 27.6 Å². The third-order valence-electron chi connectivity index (χ3n) is 5.48. The number of nitriles is 1. The van der Waals surface area contributed by atoms with Crippen molar-refractivity contribution in [1.82, 2.24) is 19.0 Å². The highest BCUT2D eigenvalue weighted by Gasteiger charge is 2.33. The molecule has 0 spiro atoms. The number of nitrogens with zero attached hydrogens (tertiary/aromatic N) is 5. The summed E-state index contributed by atoms with van der Waals surface area (Å²) in [5.41, 5.74) is 0.327. The van der Waals surface area contributed by atoms with Gasteiger partial charge in [-0.15, -0.1) is 0 Å². The fourth-order valence-corrected chi connectivity index (χ4v) is 4.62. The molecule has 11 nitrogen and oxygen atoms in total. The Balaban J connectivity index is 1.52. The van der Waals surface area contributed by atoms with Crippen LogP contribution in [-0.2, 0) is 29.2 Å². The molecule has 0 aliphatic carbocycles. The lowest BCUT2D eigenvalue weighted by Crippen LogP contribution is -2.54. The number of sulfonamides is 1. The summed E-state index contributed by atoms with van der Waals surface area (Å²) in [5.74, 6) is -1.48. The van der Waals surface area contributed by atoms with Crippen LogP contribution in [0.1, 0.15) is 18.4 Å². The van der Waals surface area contributed by atoms with Gasteiger partial charge in [-0.1, -0.05) is 0 Å². The van der Waals surface area contributed by atoms with Gasteiger partial charge in [0.25, 0.3) is 0 Å². The summed E-state index contributed by atoms with van der Waals surface area (Å²) < 4.78 is 26.3.